The van der Waals surface area contributed by atoms with E-state index in [0.717, 1.165) is 19.3 Å². The summed E-state index contributed by atoms with van der Waals surface area (Å²) < 4.78 is 0. The Hall–Kier alpha value is -0.630. The van der Waals surface area contributed by atoms with Crippen molar-refractivity contribution >= 4 is 22.6 Å². The fraction of sp³-hybridized carbons (Fsp3) is 0.750. The normalized spacial score (nSPS) is 41.2. The largest absolute Gasteiger partial charge is 0.298 e. The van der Waals surface area contributed by atoms with E-state index >= 15 is 0 Å². The van der Waals surface area contributed by atoms with Gasteiger partial charge in [-0.15, -0.1) is 0 Å². The van der Waals surface area contributed by atoms with Gasteiger partial charge >= 0.3 is 0 Å². The third-order valence-corrected chi connectivity index (χ3v) is 5.55. The van der Waals surface area contributed by atoms with Crippen LogP contribution < -0.4 is 0 Å². The van der Waals surface area contributed by atoms with Crippen molar-refractivity contribution in [1.29, 1.82) is 0 Å². The zero-order valence-corrected chi connectivity index (χ0v) is 13.0. The predicted molar refractivity (Wildman–Crippen MR) is 77.0 cm³/mol. The number of carbonyl (C=O) groups is 2. The first-order valence-electron chi connectivity index (χ1n) is 7.08. The van der Waals surface area contributed by atoms with E-state index in [-0.39, 0.29) is 22.5 Å². The molecule has 19 heavy (non-hydrogen) atoms. The summed E-state index contributed by atoms with van der Waals surface area (Å²) in [5, 5.41) is -0.258. The summed E-state index contributed by atoms with van der Waals surface area (Å²) in [6.07, 6.45) is 5.34. The van der Waals surface area contributed by atoms with Crippen molar-refractivity contribution < 1.29 is 9.59 Å². The van der Waals surface area contributed by atoms with Crippen LogP contribution in [0.1, 0.15) is 53.4 Å². The Morgan fingerprint density at radius 3 is 2.58 bits per heavy atom. The van der Waals surface area contributed by atoms with E-state index in [1.807, 2.05) is 27.7 Å². The van der Waals surface area contributed by atoms with Crippen LogP contribution in [0.2, 0.25) is 0 Å². The third kappa shape index (κ3) is 2.29. The second kappa shape index (κ2) is 4.73. The van der Waals surface area contributed by atoms with E-state index in [4.69, 9.17) is 11.6 Å². The molecule has 106 valence electrons. The molecular weight excluding hydrogens is 260 g/mol. The molecule has 0 N–H and O–H groups in total. The molecule has 0 saturated heterocycles. The smallest absolute Gasteiger partial charge is 0.225 e. The quantitative estimate of drug-likeness (QED) is 0.576. The maximum absolute atomic E-state index is 12.8. The molecule has 0 radical (unpaired) electrons. The number of hydrogen-bond donors (Lipinski definition) is 0. The molecule has 3 aliphatic rings. The minimum Gasteiger partial charge on any atom is -0.298 e. The second-order valence-corrected chi connectivity index (χ2v) is 7.43. The van der Waals surface area contributed by atoms with Gasteiger partial charge < -0.3 is 0 Å². The summed E-state index contributed by atoms with van der Waals surface area (Å²) >= 11 is 5.78. The van der Waals surface area contributed by atoms with Crippen LogP contribution in [0.25, 0.3) is 0 Å². The number of carbonyl (C=O) groups excluding carboxylic acids is 2. The van der Waals surface area contributed by atoms with Crippen LogP contribution in [0.5, 0.6) is 0 Å². The van der Waals surface area contributed by atoms with Gasteiger partial charge in [0.2, 0.25) is 5.24 Å². The number of ketones is 1. The zero-order valence-electron chi connectivity index (χ0n) is 12.3. The van der Waals surface area contributed by atoms with Crippen molar-refractivity contribution in [3.05, 3.63) is 11.6 Å². The van der Waals surface area contributed by atoms with Crippen molar-refractivity contribution in [1.82, 2.24) is 0 Å². The minimum absolute atomic E-state index is 0.113. The highest BCUT2D eigenvalue weighted by molar-refractivity contribution is 6.64. The van der Waals surface area contributed by atoms with Gasteiger partial charge in [-0.2, -0.15) is 0 Å². The fourth-order valence-electron chi connectivity index (χ4n) is 4.13. The molecule has 2 nitrogen and oxygen atoms in total. The second-order valence-electron chi connectivity index (χ2n) is 7.05. The fourth-order valence-corrected chi connectivity index (χ4v) is 4.36. The van der Waals surface area contributed by atoms with E-state index in [9.17, 15) is 9.59 Å². The lowest BCUT2D eigenvalue weighted by atomic mass is 9.46. The van der Waals surface area contributed by atoms with Crippen LogP contribution in [-0.2, 0) is 9.59 Å². The van der Waals surface area contributed by atoms with Gasteiger partial charge in [-0.3, -0.25) is 9.59 Å². The Kier molecular flexibility index (Phi) is 3.68. The van der Waals surface area contributed by atoms with Crippen molar-refractivity contribution in [2.45, 2.75) is 53.4 Å². The molecule has 3 fully saturated rings. The van der Waals surface area contributed by atoms with Crippen molar-refractivity contribution in [3.63, 3.8) is 0 Å². The lowest BCUT2D eigenvalue weighted by Gasteiger charge is -2.56. The summed E-state index contributed by atoms with van der Waals surface area (Å²) in [5.74, 6) is 0.305. The van der Waals surface area contributed by atoms with Gasteiger partial charge in [-0.25, -0.2) is 0 Å². The molecule has 3 heteroatoms. The maximum Gasteiger partial charge on any atom is 0.225 e. The molecule has 4 atom stereocenters. The molecule has 3 aliphatic carbocycles. The molecule has 1 unspecified atom stereocenters. The van der Waals surface area contributed by atoms with Gasteiger partial charge in [0, 0.05) is 16.7 Å². The minimum atomic E-state index is -0.419. The number of hydrogen-bond acceptors (Lipinski definition) is 2. The van der Waals surface area contributed by atoms with Crippen LogP contribution in [0, 0.1) is 22.7 Å². The van der Waals surface area contributed by atoms with E-state index in [2.05, 4.69) is 6.08 Å². The molecule has 3 saturated carbocycles. The van der Waals surface area contributed by atoms with Crippen LogP contribution in [0.15, 0.2) is 11.6 Å². The summed E-state index contributed by atoms with van der Waals surface area (Å²) in [7, 11) is 0. The Labute approximate surface area is 120 Å². The molecule has 2 bridgehead atoms. The number of rotatable bonds is 3. The van der Waals surface area contributed by atoms with Crippen molar-refractivity contribution in [2.75, 3.05) is 0 Å². The first-order valence-corrected chi connectivity index (χ1v) is 7.46. The molecule has 0 aromatic carbocycles. The highest BCUT2D eigenvalue weighted by Gasteiger charge is 2.61. The summed E-state index contributed by atoms with van der Waals surface area (Å²) in [4.78, 5) is 24.5. The van der Waals surface area contributed by atoms with Crippen LogP contribution in [0.3, 0.4) is 0 Å². The molecule has 0 spiro atoms. The molecule has 3 rings (SSSR count). The summed E-state index contributed by atoms with van der Waals surface area (Å²) in [6.45, 7) is 8.13. The Morgan fingerprint density at radius 2 is 2.05 bits per heavy atom. The Bertz CT molecular complexity index is 450. The number of allylic oxidation sites excluding steroid dienone is 2. The van der Waals surface area contributed by atoms with Crippen LogP contribution in [-0.4, -0.2) is 11.0 Å². The van der Waals surface area contributed by atoms with E-state index in [1.54, 1.807) is 0 Å². The van der Waals surface area contributed by atoms with E-state index < -0.39 is 5.41 Å². The van der Waals surface area contributed by atoms with Gasteiger partial charge in [0.1, 0.15) is 5.78 Å². The number of fused-ring (bicyclic) bond motifs is 3. The first-order chi connectivity index (χ1) is 8.70. The van der Waals surface area contributed by atoms with E-state index in [1.165, 1.54) is 5.57 Å². The van der Waals surface area contributed by atoms with Gasteiger partial charge in [-0.1, -0.05) is 25.5 Å². The highest BCUT2D eigenvalue weighted by atomic mass is 35.5. The van der Waals surface area contributed by atoms with Crippen molar-refractivity contribution in [2.24, 2.45) is 22.7 Å². The predicted octanol–water partition coefficient (Wildman–Crippen LogP) is 4.12. The Morgan fingerprint density at radius 1 is 1.42 bits per heavy atom. The lowest BCUT2D eigenvalue weighted by Crippen LogP contribution is -2.58. The maximum atomic E-state index is 12.8. The van der Waals surface area contributed by atoms with Crippen LogP contribution in [0.4, 0.5) is 0 Å². The average Bonchev–Trinajstić information content (AvgIpc) is 2.33. The van der Waals surface area contributed by atoms with Gasteiger partial charge in [0.05, 0.1) is 0 Å². The van der Waals surface area contributed by atoms with Gasteiger partial charge in [-0.05, 0) is 57.0 Å². The first kappa shape index (κ1) is 14.8. The number of halogens is 1. The van der Waals surface area contributed by atoms with E-state index in [0.29, 0.717) is 12.2 Å². The van der Waals surface area contributed by atoms with Crippen LogP contribution >= 0.6 is 11.6 Å². The standard InChI is InChI=1S/C16H23ClO2/c1-10(2)5-8-16(4)12-6-7-15(3,14(16)19)9-11(12)13(17)18/h5,11-12H,6-9H2,1-4H3/t11?,12-,15+,16+/m0/s1. The zero-order chi connectivity index (χ0) is 14.4. The average molecular weight is 283 g/mol. The molecule has 0 heterocycles. The molecule has 0 aliphatic heterocycles. The molecule has 0 aromatic rings. The molecule has 0 amide bonds. The van der Waals surface area contributed by atoms with Gasteiger partial charge in [0.25, 0.3) is 0 Å². The van der Waals surface area contributed by atoms with Crippen molar-refractivity contribution in [3.8, 4) is 0 Å². The SMILES string of the molecule is CC(C)=CC[C@@]1(C)C(=O)[C@]2(C)CC[C@H]1C(C(=O)Cl)C2. The summed E-state index contributed by atoms with van der Waals surface area (Å²) in [6, 6.07) is 0. The molecule has 0 aromatic heterocycles. The lowest BCUT2D eigenvalue weighted by molar-refractivity contribution is -0.162. The topological polar surface area (TPSA) is 34.1 Å². The third-order valence-electron chi connectivity index (χ3n) is 5.27. The Balaban J connectivity index is 2.39. The number of Topliss-reactive ketones (excluding diaryl/α,β-unsaturated/α-hetero) is 1. The monoisotopic (exact) mass is 282 g/mol. The molecular formula is C16H23ClO2. The summed E-state index contributed by atoms with van der Waals surface area (Å²) in [5.41, 5.74) is 0.445. The van der Waals surface area contributed by atoms with Gasteiger partial charge in [0.15, 0.2) is 0 Å². The highest BCUT2D eigenvalue weighted by Crippen LogP contribution is 2.60.